The molecular weight excluding hydrogens is 314 g/mol. The van der Waals surface area contributed by atoms with Crippen LogP contribution in [0.3, 0.4) is 0 Å². The van der Waals surface area contributed by atoms with Gasteiger partial charge in [0, 0.05) is 28.1 Å². The number of benzene rings is 1. The molecule has 6 heteroatoms. The summed E-state index contributed by atoms with van der Waals surface area (Å²) in [6.07, 6.45) is 6.88. The Morgan fingerprint density at radius 3 is 3.11 bits per heavy atom. The van der Waals surface area contributed by atoms with Gasteiger partial charge in [0.2, 0.25) is 0 Å². The number of nitrogens with one attached hydrogen (secondary N) is 1. The molecule has 2 rings (SSSR count). The molecule has 2 aromatic rings. The van der Waals surface area contributed by atoms with E-state index < -0.39 is 0 Å². The van der Waals surface area contributed by atoms with Gasteiger partial charge in [0.1, 0.15) is 17.4 Å². The molecule has 0 amide bonds. The van der Waals surface area contributed by atoms with Crippen LogP contribution in [-0.4, -0.2) is 16.2 Å². The van der Waals surface area contributed by atoms with Crippen molar-refractivity contribution in [2.24, 2.45) is 0 Å². The highest BCUT2D eigenvalue weighted by Gasteiger charge is 2.05. The summed E-state index contributed by atoms with van der Waals surface area (Å²) in [5, 5.41) is 7.90. The zero-order valence-electron chi connectivity index (χ0n) is 9.39. The van der Waals surface area contributed by atoms with E-state index in [4.69, 9.17) is 11.2 Å². The highest BCUT2D eigenvalue weighted by molar-refractivity contribution is 9.10. The van der Waals surface area contributed by atoms with Crippen molar-refractivity contribution in [2.45, 2.75) is 6.54 Å². The van der Waals surface area contributed by atoms with Crippen molar-refractivity contribution in [2.75, 3.05) is 11.9 Å². The van der Waals surface area contributed by atoms with Gasteiger partial charge in [-0.05, 0) is 18.2 Å². The first-order valence-electron chi connectivity index (χ1n) is 5.15. The Labute approximate surface area is 118 Å². The first kappa shape index (κ1) is 12.9. The van der Waals surface area contributed by atoms with Gasteiger partial charge in [-0.1, -0.05) is 26.3 Å². The average molecular weight is 324 g/mol. The van der Waals surface area contributed by atoms with Gasteiger partial charge in [0.05, 0.1) is 6.20 Å². The van der Waals surface area contributed by atoms with E-state index in [0.29, 0.717) is 6.54 Å². The quantitative estimate of drug-likeness (QED) is 0.859. The van der Waals surface area contributed by atoms with E-state index in [-0.39, 0.29) is 6.61 Å². The lowest BCUT2D eigenvalue weighted by Crippen LogP contribution is -2.03. The molecule has 0 aliphatic heterocycles. The normalized spacial score (nSPS) is 9.78. The Balaban J connectivity index is 2.09. The minimum Gasteiger partial charge on any atom is -0.481 e. The predicted molar refractivity (Wildman–Crippen MR) is 75.7 cm³/mol. The minimum absolute atomic E-state index is 0.261. The van der Waals surface area contributed by atoms with Crippen molar-refractivity contribution in [1.29, 1.82) is 0 Å². The van der Waals surface area contributed by atoms with Gasteiger partial charge in [-0.25, -0.2) is 0 Å². The number of rotatable bonds is 5. The smallest absolute Gasteiger partial charge is 0.148 e. The molecule has 92 valence electrons. The number of nitrogens with zero attached hydrogens (tertiary/aromatic N) is 2. The maximum Gasteiger partial charge on any atom is 0.148 e. The van der Waals surface area contributed by atoms with Gasteiger partial charge in [0.15, 0.2) is 0 Å². The van der Waals surface area contributed by atoms with E-state index in [1.807, 2.05) is 18.2 Å². The van der Waals surface area contributed by atoms with Crippen LogP contribution < -0.4 is 10.1 Å². The van der Waals surface area contributed by atoms with Gasteiger partial charge < -0.3 is 10.1 Å². The van der Waals surface area contributed by atoms with E-state index in [0.717, 1.165) is 20.8 Å². The van der Waals surface area contributed by atoms with Crippen LogP contribution in [0, 0.1) is 12.3 Å². The zero-order valence-corrected chi connectivity index (χ0v) is 11.8. The fourth-order valence-electron chi connectivity index (χ4n) is 1.37. The second kappa shape index (κ2) is 6.38. The molecule has 0 spiro atoms. The van der Waals surface area contributed by atoms with E-state index in [1.165, 1.54) is 11.5 Å². The fourth-order valence-corrected chi connectivity index (χ4v) is 2.20. The third kappa shape index (κ3) is 3.45. The number of anilines is 1. The van der Waals surface area contributed by atoms with Crippen LogP contribution in [0.25, 0.3) is 0 Å². The monoisotopic (exact) mass is 323 g/mol. The molecule has 1 N–H and O–H groups in total. The molecule has 0 aliphatic carbocycles. The number of hydrogen-bond donors (Lipinski definition) is 1. The second-order valence-corrected chi connectivity index (χ2v) is 5.08. The average Bonchev–Trinajstić information content (AvgIpc) is 2.88. The van der Waals surface area contributed by atoms with Gasteiger partial charge >= 0.3 is 0 Å². The Kier molecular flexibility index (Phi) is 4.56. The van der Waals surface area contributed by atoms with Gasteiger partial charge in [-0.2, -0.15) is 0 Å². The molecule has 4 nitrogen and oxygen atoms in total. The highest BCUT2D eigenvalue weighted by Crippen LogP contribution is 2.24. The molecule has 0 atom stereocenters. The molecular formula is C12H10BrN3OS. The largest absolute Gasteiger partial charge is 0.481 e. The molecule has 0 bridgehead atoms. The summed E-state index contributed by atoms with van der Waals surface area (Å²) in [7, 11) is 0. The topological polar surface area (TPSA) is 47.0 Å². The summed E-state index contributed by atoms with van der Waals surface area (Å²) < 4.78 is 10.3. The van der Waals surface area contributed by atoms with Crippen LogP contribution >= 0.6 is 27.5 Å². The molecule has 0 fully saturated rings. The lowest BCUT2D eigenvalue weighted by Gasteiger charge is -2.10. The molecule has 18 heavy (non-hydrogen) atoms. The van der Waals surface area contributed by atoms with E-state index in [2.05, 4.69) is 36.8 Å². The molecule has 0 unspecified atom stereocenters. The standard InChI is InChI=1S/C12H10BrN3OS/c1-2-5-17-11-4-3-10(13)6-9(11)7-14-12-8-15-16-18-12/h1,3-4,6,8,14H,5,7H2. The number of ether oxygens (including phenoxy) is 1. The van der Waals surface area contributed by atoms with E-state index >= 15 is 0 Å². The Hall–Kier alpha value is -1.58. The zero-order chi connectivity index (χ0) is 12.8. The molecule has 0 saturated heterocycles. The molecule has 0 saturated carbocycles. The Morgan fingerprint density at radius 1 is 1.50 bits per heavy atom. The maximum atomic E-state index is 5.49. The number of terminal acetylenes is 1. The number of halogens is 1. The van der Waals surface area contributed by atoms with Crippen molar-refractivity contribution in [1.82, 2.24) is 9.59 Å². The van der Waals surface area contributed by atoms with Gasteiger partial charge in [-0.3, -0.25) is 0 Å². The van der Waals surface area contributed by atoms with Crippen LogP contribution in [0.1, 0.15) is 5.56 Å². The predicted octanol–water partition coefficient (Wildman–Crippen LogP) is 2.92. The highest BCUT2D eigenvalue weighted by atomic mass is 79.9. The summed E-state index contributed by atoms with van der Waals surface area (Å²) in [4.78, 5) is 0. The second-order valence-electron chi connectivity index (χ2n) is 3.38. The Bertz CT molecular complexity index is 551. The Morgan fingerprint density at radius 2 is 2.39 bits per heavy atom. The van der Waals surface area contributed by atoms with Crippen molar-refractivity contribution < 1.29 is 4.74 Å². The fraction of sp³-hybridized carbons (Fsp3) is 0.167. The van der Waals surface area contributed by atoms with Crippen molar-refractivity contribution in [3.63, 3.8) is 0 Å². The number of aromatic nitrogens is 2. The molecule has 1 heterocycles. The summed E-state index contributed by atoms with van der Waals surface area (Å²) in [6.45, 7) is 0.889. The van der Waals surface area contributed by atoms with Crippen LogP contribution in [0.2, 0.25) is 0 Å². The summed E-state index contributed by atoms with van der Waals surface area (Å²) in [6, 6.07) is 5.81. The first-order chi connectivity index (χ1) is 8.79. The van der Waals surface area contributed by atoms with Crippen LogP contribution in [0.4, 0.5) is 5.00 Å². The lowest BCUT2D eigenvalue weighted by atomic mass is 10.2. The molecule has 1 aromatic heterocycles. The lowest BCUT2D eigenvalue weighted by molar-refractivity contribution is 0.366. The maximum absolute atomic E-state index is 5.49. The van der Waals surface area contributed by atoms with Crippen molar-refractivity contribution >= 4 is 32.5 Å². The van der Waals surface area contributed by atoms with Crippen LogP contribution in [-0.2, 0) is 6.54 Å². The van der Waals surface area contributed by atoms with Gasteiger partial charge in [0.25, 0.3) is 0 Å². The first-order valence-corrected chi connectivity index (χ1v) is 6.72. The summed E-state index contributed by atoms with van der Waals surface area (Å²) in [5.74, 6) is 3.23. The van der Waals surface area contributed by atoms with Crippen LogP contribution in [0.15, 0.2) is 28.9 Å². The SMILES string of the molecule is C#CCOc1ccc(Br)cc1CNc1cnns1. The van der Waals surface area contributed by atoms with Crippen LogP contribution in [0.5, 0.6) is 5.75 Å². The molecule has 0 radical (unpaired) electrons. The van der Waals surface area contributed by atoms with Crippen molar-refractivity contribution in [3.05, 3.63) is 34.4 Å². The summed E-state index contributed by atoms with van der Waals surface area (Å²) >= 11 is 4.75. The summed E-state index contributed by atoms with van der Waals surface area (Å²) in [5.41, 5.74) is 1.02. The minimum atomic E-state index is 0.261. The number of hydrogen-bond acceptors (Lipinski definition) is 5. The third-order valence-corrected chi connectivity index (χ3v) is 3.26. The van der Waals surface area contributed by atoms with Gasteiger partial charge in [-0.15, -0.1) is 11.5 Å². The third-order valence-electron chi connectivity index (χ3n) is 2.15. The van der Waals surface area contributed by atoms with Crippen molar-refractivity contribution in [3.8, 4) is 18.1 Å². The van der Waals surface area contributed by atoms with E-state index in [1.54, 1.807) is 6.20 Å². The molecule has 1 aromatic carbocycles. The van der Waals surface area contributed by atoms with E-state index in [9.17, 15) is 0 Å². The molecule has 0 aliphatic rings.